The number of amidine groups is 1. The average molecular weight is 293 g/mol. The molecule has 5 N–H and O–H groups in total. The summed E-state index contributed by atoms with van der Waals surface area (Å²) in [7, 11) is 0. The second-order valence-corrected chi connectivity index (χ2v) is 5.51. The van der Waals surface area contributed by atoms with E-state index in [1.165, 1.54) is 18.2 Å². The summed E-state index contributed by atoms with van der Waals surface area (Å²) in [6.45, 7) is 2.68. The van der Waals surface area contributed by atoms with Gasteiger partial charge in [0.05, 0.1) is 0 Å². The minimum Gasteiger partial charge on any atom is -0.507 e. The zero-order valence-electron chi connectivity index (χ0n) is 11.8. The van der Waals surface area contributed by atoms with Crippen LogP contribution in [0.25, 0.3) is 0 Å². The van der Waals surface area contributed by atoms with Crippen molar-refractivity contribution in [1.29, 1.82) is 0 Å². The van der Waals surface area contributed by atoms with E-state index in [1.54, 1.807) is 4.90 Å². The highest BCUT2D eigenvalue weighted by atomic mass is 16.4. The maximum Gasteiger partial charge on any atom is 0.261 e. The number of nitrogens with zero attached hydrogens (tertiary/aromatic N) is 2. The number of amides is 1. The van der Waals surface area contributed by atoms with Crippen molar-refractivity contribution in [3.05, 3.63) is 23.8 Å². The first-order valence-corrected chi connectivity index (χ1v) is 6.67. The quantitative estimate of drug-likeness (QED) is 0.281. The van der Waals surface area contributed by atoms with E-state index in [9.17, 15) is 15.0 Å². The minimum absolute atomic E-state index is 0.0927. The molecule has 21 heavy (non-hydrogen) atoms. The number of oxime groups is 1. The molecule has 1 amide bonds. The highest BCUT2D eigenvalue weighted by Crippen LogP contribution is 2.34. The number of rotatable bonds is 2. The molecule has 1 heterocycles. The van der Waals surface area contributed by atoms with Crippen LogP contribution in [-0.4, -0.2) is 45.2 Å². The molecule has 2 rings (SSSR count). The molecule has 1 aliphatic heterocycles. The van der Waals surface area contributed by atoms with Crippen molar-refractivity contribution in [2.45, 2.75) is 19.8 Å². The smallest absolute Gasteiger partial charge is 0.261 e. The Morgan fingerprint density at radius 2 is 1.81 bits per heavy atom. The van der Waals surface area contributed by atoms with Crippen molar-refractivity contribution < 1.29 is 20.2 Å². The number of phenols is 2. The van der Waals surface area contributed by atoms with Gasteiger partial charge in [0.1, 0.15) is 22.9 Å². The molecule has 0 aliphatic carbocycles. The van der Waals surface area contributed by atoms with Crippen LogP contribution in [0.2, 0.25) is 0 Å². The van der Waals surface area contributed by atoms with E-state index in [1.807, 2.05) is 6.92 Å². The van der Waals surface area contributed by atoms with Gasteiger partial charge in [-0.2, -0.15) is 0 Å². The lowest BCUT2D eigenvalue weighted by Crippen LogP contribution is -2.47. The van der Waals surface area contributed by atoms with Crippen LogP contribution >= 0.6 is 0 Å². The van der Waals surface area contributed by atoms with Crippen LogP contribution in [0.5, 0.6) is 11.5 Å². The van der Waals surface area contributed by atoms with Crippen LogP contribution in [0.1, 0.15) is 30.1 Å². The summed E-state index contributed by atoms with van der Waals surface area (Å²) in [5.74, 6) is -0.762. The maximum atomic E-state index is 12.4. The van der Waals surface area contributed by atoms with E-state index in [4.69, 9.17) is 10.9 Å². The molecule has 1 aromatic rings. The van der Waals surface area contributed by atoms with Gasteiger partial charge in [0.25, 0.3) is 5.91 Å². The molecule has 1 fully saturated rings. The summed E-state index contributed by atoms with van der Waals surface area (Å²) >= 11 is 0. The molecular formula is C14H19N3O4. The molecule has 1 saturated heterocycles. The molecule has 0 radical (unpaired) electrons. The Balaban J connectivity index is 2.14. The maximum absolute atomic E-state index is 12.4. The van der Waals surface area contributed by atoms with E-state index < -0.39 is 11.3 Å². The predicted molar refractivity (Wildman–Crippen MR) is 76.4 cm³/mol. The van der Waals surface area contributed by atoms with E-state index in [2.05, 4.69) is 5.16 Å². The Kier molecular flexibility index (Phi) is 3.93. The number of nitrogens with two attached hydrogens (primary N) is 1. The summed E-state index contributed by atoms with van der Waals surface area (Å²) < 4.78 is 0. The Labute approximate surface area is 122 Å². The van der Waals surface area contributed by atoms with Gasteiger partial charge in [-0.15, -0.1) is 0 Å². The van der Waals surface area contributed by atoms with Crippen LogP contribution in [-0.2, 0) is 0 Å². The summed E-state index contributed by atoms with van der Waals surface area (Å²) in [5.41, 5.74) is 5.13. The number of carbonyl (C=O) groups excluding carboxylic acids is 1. The van der Waals surface area contributed by atoms with Gasteiger partial charge >= 0.3 is 0 Å². The van der Waals surface area contributed by atoms with Gasteiger partial charge in [-0.3, -0.25) is 4.79 Å². The number of carbonyl (C=O) groups is 1. The van der Waals surface area contributed by atoms with Crippen LogP contribution in [0.4, 0.5) is 0 Å². The molecule has 1 aliphatic rings. The normalized spacial score (nSPS) is 18.5. The van der Waals surface area contributed by atoms with E-state index in [0.29, 0.717) is 25.9 Å². The third-order valence-electron chi connectivity index (χ3n) is 4.11. The van der Waals surface area contributed by atoms with Gasteiger partial charge in [0, 0.05) is 18.5 Å². The Hall–Kier alpha value is -2.44. The molecule has 0 bridgehead atoms. The topological polar surface area (TPSA) is 119 Å². The highest BCUT2D eigenvalue weighted by molar-refractivity contribution is 5.99. The molecule has 0 unspecified atom stereocenters. The summed E-state index contributed by atoms with van der Waals surface area (Å²) in [6.07, 6.45) is 1.09. The Morgan fingerprint density at radius 3 is 2.29 bits per heavy atom. The molecule has 0 atom stereocenters. The molecule has 1 aromatic carbocycles. The molecule has 0 saturated carbocycles. The lowest BCUT2D eigenvalue weighted by Gasteiger charge is -2.38. The van der Waals surface area contributed by atoms with Crippen molar-refractivity contribution in [2.24, 2.45) is 16.3 Å². The average Bonchev–Trinajstić information content (AvgIpc) is 2.46. The van der Waals surface area contributed by atoms with Crippen LogP contribution in [0.3, 0.4) is 0 Å². The Bertz CT molecular complexity index is 557. The van der Waals surface area contributed by atoms with Crippen molar-refractivity contribution in [3.63, 3.8) is 0 Å². The fourth-order valence-electron chi connectivity index (χ4n) is 2.49. The highest BCUT2D eigenvalue weighted by Gasteiger charge is 2.36. The number of phenolic OH excluding ortho intramolecular Hbond substituents is 2. The van der Waals surface area contributed by atoms with Crippen molar-refractivity contribution >= 4 is 11.7 Å². The fourth-order valence-corrected chi connectivity index (χ4v) is 2.49. The fraction of sp³-hybridized carbons (Fsp3) is 0.429. The SMILES string of the molecule is CC1(/C(N)=N/O)CCN(C(=O)c2c(O)cccc2O)CC1. The van der Waals surface area contributed by atoms with E-state index in [-0.39, 0.29) is 22.9 Å². The lowest BCUT2D eigenvalue weighted by atomic mass is 9.79. The first-order chi connectivity index (χ1) is 9.89. The number of piperidine rings is 1. The summed E-state index contributed by atoms with van der Waals surface area (Å²) in [6, 6.07) is 4.18. The molecule has 0 spiro atoms. The van der Waals surface area contributed by atoms with Crippen LogP contribution < -0.4 is 5.73 Å². The third-order valence-corrected chi connectivity index (χ3v) is 4.11. The standard InChI is InChI=1S/C14H19N3O4/c1-14(13(15)16-21)5-7-17(8-6-14)12(20)11-9(18)3-2-4-10(11)19/h2-4,18-19,21H,5-8H2,1H3,(H2,15,16). The van der Waals surface area contributed by atoms with Gasteiger partial charge in [-0.05, 0) is 25.0 Å². The molecule has 0 aromatic heterocycles. The first kappa shape index (κ1) is 15.0. The van der Waals surface area contributed by atoms with Gasteiger partial charge in [0.2, 0.25) is 0 Å². The predicted octanol–water partition coefficient (Wildman–Crippen LogP) is 1.09. The van der Waals surface area contributed by atoms with E-state index in [0.717, 1.165) is 0 Å². The third kappa shape index (κ3) is 2.72. The second kappa shape index (κ2) is 5.51. The van der Waals surface area contributed by atoms with Crippen LogP contribution in [0.15, 0.2) is 23.4 Å². The monoisotopic (exact) mass is 293 g/mol. The lowest BCUT2D eigenvalue weighted by molar-refractivity contribution is 0.0660. The van der Waals surface area contributed by atoms with Gasteiger partial charge in [-0.1, -0.05) is 18.1 Å². The zero-order valence-corrected chi connectivity index (χ0v) is 11.8. The molecule has 7 heteroatoms. The summed E-state index contributed by atoms with van der Waals surface area (Å²) in [5, 5.41) is 31.3. The van der Waals surface area contributed by atoms with Gasteiger partial charge in [0.15, 0.2) is 0 Å². The number of hydrogen-bond acceptors (Lipinski definition) is 5. The molecule has 7 nitrogen and oxygen atoms in total. The molecular weight excluding hydrogens is 274 g/mol. The number of hydrogen-bond donors (Lipinski definition) is 4. The van der Waals surface area contributed by atoms with Crippen molar-refractivity contribution in [1.82, 2.24) is 4.90 Å². The van der Waals surface area contributed by atoms with Crippen molar-refractivity contribution in [2.75, 3.05) is 13.1 Å². The second-order valence-electron chi connectivity index (χ2n) is 5.51. The minimum atomic E-state index is -0.452. The number of benzene rings is 1. The van der Waals surface area contributed by atoms with Crippen LogP contribution in [0, 0.1) is 5.41 Å². The zero-order chi connectivity index (χ0) is 15.6. The van der Waals surface area contributed by atoms with E-state index >= 15 is 0 Å². The number of likely N-dealkylation sites (tertiary alicyclic amines) is 1. The van der Waals surface area contributed by atoms with Gasteiger partial charge in [-0.25, -0.2) is 0 Å². The first-order valence-electron chi connectivity index (χ1n) is 6.67. The Morgan fingerprint density at radius 1 is 1.29 bits per heavy atom. The number of aromatic hydroxyl groups is 2. The summed E-state index contributed by atoms with van der Waals surface area (Å²) in [4.78, 5) is 13.9. The molecule has 114 valence electrons. The largest absolute Gasteiger partial charge is 0.507 e. The van der Waals surface area contributed by atoms with Gasteiger partial charge < -0.3 is 26.1 Å². The van der Waals surface area contributed by atoms with Crippen molar-refractivity contribution in [3.8, 4) is 11.5 Å².